The highest BCUT2D eigenvalue weighted by Gasteiger charge is 2.11. The maximum atomic E-state index is 12.4. The van der Waals surface area contributed by atoms with E-state index in [0.717, 1.165) is 17.7 Å². The van der Waals surface area contributed by atoms with Gasteiger partial charge in [0, 0.05) is 23.4 Å². The van der Waals surface area contributed by atoms with Crippen LogP contribution in [0.3, 0.4) is 0 Å². The van der Waals surface area contributed by atoms with Gasteiger partial charge in [0.05, 0.1) is 0 Å². The normalized spacial score (nSPS) is 10.6. The largest absolute Gasteiger partial charge is 0.352 e. The molecular weight excluding hydrogens is 312 g/mol. The summed E-state index contributed by atoms with van der Waals surface area (Å²) in [5.41, 5.74) is 4.01. The highest BCUT2D eigenvalue weighted by molar-refractivity contribution is 6.06. The van der Waals surface area contributed by atoms with Crippen molar-refractivity contribution in [1.82, 2.24) is 5.32 Å². The van der Waals surface area contributed by atoms with Crippen LogP contribution in [0.1, 0.15) is 52.1 Å². The lowest BCUT2D eigenvalue weighted by Crippen LogP contribution is -2.25. The summed E-state index contributed by atoms with van der Waals surface area (Å²) in [4.78, 5) is 24.6. The van der Waals surface area contributed by atoms with Gasteiger partial charge >= 0.3 is 0 Å². The van der Waals surface area contributed by atoms with Crippen molar-refractivity contribution < 1.29 is 9.59 Å². The van der Waals surface area contributed by atoms with Crippen LogP contribution in [-0.2, 0) is 0 Å². The van der Waals surface area contributed by atoms with Crippen LogP contribution in [-0.4, -0.2) is 18.4 Å². The van der Waals surface area contributed by atoms with Crippen LogP contribution in [0.2, 0.25) is 0 Å². The number of anilines is 1. The van der Waals surface area contributed by atoms with Gasteiger partial charge in [0.1, 0.15) is 0 Å². The fourth-order valence-electron chi connectivity index (χ4n) is 2.40. The van der Waals surface area contributed by atoms with Crippen LogP contribution in [0.5, 0.6) is 0 Å². The first-order valence-corrected chi connectivity index (χ1v) is 8.63. The molecule has 0 fully saturated rings. The van der Waals surface area contributed by atoms with Crippen LogP contribution >= 0.6 is 0 Å². The molecule has 2 amide bonds. The Morgan fingerprint density at radius 2 is 1.60 bits per heavy atom. The average molecular weight is 338 g/mol. The maximum absolute atomic E-state index is 12.4. The Kier molecular flexibility index (Phi) is 6.34. The second-order valence-corrected chi connectivity index (χ2v) is 6.77. The standard InChI is InChI=1S/C21H26N2O2/c1-14(2)10-11-22-20(24)17-6-5-7-18(13-17)21(25)23-19-9-8-15(3)16(4)12-19/h5-9,12-14H,10-11H2,1-4H3,(H,22,24)(H,23,25). The Bertz CT molecular complexity index is 766. The van der Waals surface area contributed by atoms with E-state index in [4.69, 9.17) is 0 Å². The topological polar surface area (TPSA) is 58.2 Å². The highest BCUT2D eigenvalue weighted by Crippen LogP contribution is 2.16. The van der Waals surface area contributed by atoms with Crippen LogP contribution in [0, 0.1) is 19.8 Å². The molecule has 0 saturated heterocycles. The average Bonchev–Trinajstić information content (AvgIpc) is 2.58. The Morgan fingerprint density at radius 1 is 0.920 bits per heavy atom. The summed E-state index contributed by atoms with van der Waals surface area (Å²) in [5, 5.41) is 5.77. The first-order chi connectivity index (χ1) is 11.9. The highest BCUT2D eigenvalue weighted by atomic mass is 16.2. The molecule has 132 valence electrons. The van der Waals surface area contributed by atoms with E-state index >= 15 is 0 Å². The van der Waals surface area contributed by atoms with E-state index in [2.05, 4.69) is 24.5 Å². The molecule has 25 heavy (non-hydrogen) atoms. The lowest BCUT2D eigenvalue weighted by atomic mass is 10.1. The van der Waals surface area contributed by atoms with Gasteiger partial charge < -0.3 is 10.6 Å². The molecule has 2 N–H and O–H groups in total. The van der Waals surface area contributed by atoms with Crippen molar-refractivity contribution >= 4 is 17.5 Å². The third kappa shape index (κ3) is 5.45. The lowest BCUT2D eigenvalue weighted by molar-refractivity contribution is 0.0952. The summed E-state index contributed by atoms with van der Waals surface area (Å²) in [5.74, 6) is 0.164. The van der Waals surface area contributed by atoms with E-state index < -0.39 is 0 Å². The second-order valence-electron chi connectivity index (χ2n) is 6.77. The van der Waals surface area contributed by atoms with E-state index in [0.29, 0.717) is 23.6 Å². The second kappa shape index (κ2) is 8.47. The summed E-state index contributed by atoms with van der Waals surface area (Å²) in [6, 6.07) is 12.6. The third-order valence-electron chi connectivity index (χ3n) is 4.16. The minimum atomic E-state index is -0.222. The minimum absolute atomic E-state index is 0.151. The Morgan fingerprint density at radius 3 is 2.24 bits per heavy atom. The lowest BCUT2D eigenvalue weighted by Gasteiger charge is -2.10. The molecule has 0 radical (unpaired) electrons. The molecule has 2 aromatic carbocycles. The number of nitrogens with one attached hydrogen (secondary N) is 2. The summed E-state index contributed by atoms with van der Waals surface area (Å²) >= 11 is 0. The third-order valence-corrected chi connectivity index (χ3v) is 4.16. The van der Waals surface area contributed by atoms with Gasteiger partial charge in [-0.3, -0.25) is 9.59 Å². The monoisotopic (exact) mass is 338 g/mol. The molecule has 0 aliphatic carbocycles. The van der Waals surface area contributed by atoms with Gasteiger partial charge in [-0.2, -0.15) is 0 Å². The van der Waals surface area contributed by atoms with Gasteiger partial charge in [-0.05, 0) is 67.6 Å². The Hall–Kier alpha value is -2.62. The first kappa shape index (κ1) is 18.7. The predicted octanol–water partition coefficient (Wildman–Crippen LogP) is 4.33. The molecule has 0 aliphatic heterocycles. The summed E-state index contributed by atoms with van der Waals surface area (Å²) < 4.78 is 0. The summed E-state index contributed by atoms with van der Waals surface area (Å²) in [6.45, 7) is 8.90. The van der Waals surface area contributed by atoms with Crippen molar-refractivity contribution in [2.75, 3.05) is 11.9 Å². The number of carbonyl (C=O) groups excluding carboxylic acids is 2. The van der Waals surface area contributed by atoms with E-state index in [1.807, 2.05) is 32.0 Å². The molecule has 0 bridgehead atoms. The number of rotatable bonds is 6. The molecule has 2 rings (SSSR count). The van der Waals surface area contributed by atoms with Crippen molar-refractivity contribution in [2.24, 2.45) is 5.92 Å². The van der Waals surface area contributed by atoms with Crippen molar-refractivity contribution in [1.29, 1.82) is 0 Å². The molecule has 0 atom stereocenters. The molecule has 0 aromatic heterocycles. The van der Waals surface area contributed by atoms with Gasteiger partial charge in [0.2, 0.25) is 0 Å². The minimum Gasteiger partial charge on any atom is -0.352 e. The number of amides is 2. The quantitative estimate of drug-likeness (QED) is 0.823. The van der Waals surface area contributed by atoms with E-state index in [1.165, 1.54) is 5.56 Å². The fraction of sp³-hybridized carbons (Fsp3) is 0.333. The zero-order valence-corrected chi connectivity index (χ0v) is 15.3. The molecule has 2 aromatic rings. The van der Waals surface area contributed by atoms with Crippen LogP contribution in [0.4, 0.5) is 5.69 Å². The Labute approximate surface area is 149 Å². The predicted molar refractivity (Wildman–Crippen MR) is 102 cm³/mol. The molecule has 0 saturated carbocycles. The molecule has 0 aliphatic rings. The molecular formula is C21H26N2O2. The summed E-state index contributed by atoms with van der Waals surface area (Å²) in [7, 11) is 0. The molecule has 0 unspecified atom stereocenters. The van der Waals surface area contributed by atoms with Gasteiger partial charge in [0.15, 0.2) is 0 Å². The zero-order chi connectivity index (χ0) is 18.4. The fourth-order valence-corrected chi connectivity index (χ4v) is 2.40. The van der Waals surface area contributed by atoms with Gasteiger partial charge in [0.25, 0.3) is 11.8 Å². The summed E-state index contributed by atoms with van der Waals surface area (Å²) in [6.07, 6.45) is 0.929. The van der Waals surface area contributed by atoms with Gasteiger partial charge in [-0.1, -0.05) is 26.0 Å². The SMILES string of the molecule is Cc1ccc(NC(=O)c2cccc(C(=O)NCCC(C)C)c2)cc1C. The van der Waals surface area contributed by atoms with Crippen LogP contribution in [0.15, 0.2) is 42.5 Å². The zero-order valence-electron chi connectivity index (χ0n) is 15.3. The molecule has 4 nitrogen and oxygen atoms in total. The van der Waals surface area contributed by atoms with Gasteiger partial charge in [-0.25, -0.2) is 0 Å². The molecule has 4 heteroatoms. The number of carbonyl (C=O) groups is 2. The molecule has 0 spiro atoms. The van der Waals surface area contributed by atoms with Crippen molar-refractivity contribution in [2.45, 2.75) is 34.1 Å². The first-order valence-electron chi connectivity index (χ1n) is 8.63. The number of hydrogen-bond acceptors (Lipinski definition) is 2. The van der Waals surface area contributed by atoms with E-state index in [-0.39, 0.29) is 11.8 Å². The smallest absolute Gasteiger partial charge is 0.255 e. The van der Waals surface area contributed by atoms with Crippen LogP contribution < -0.4 is 10.6 Å². The number of hydrogen-bond donors (Lipinski definition) is 2. The number of aryl methyl sites for hydroxylation is 2. The Balaban J connectivity index is 2.05. The van der Waals surface area contributed by atoms with E-state index in [9.17, 15) is 9.59 Å². The van der Waals surface area contributed by atoms with Gasteiger partial charge in [-0.15, -0.1) is 0 Å². The van der Waals surface area contributed by atoms with Crippen molar-refractivity contribution in [3.05, 3.63) is 64.7 Å². The van der Waals surface area contributed by atoms with Crippen LogP contribution in [0.25, 0.3) is 0 Å². The van der Waals surface area contributed by atoms with Crippen molar-refractivity contribution in [3.8, 4) is 0 Å². The van der Waals surface area contributed by atoms with E-state index in [1.54, 1.807) is 24.3 Å². The number of benzene rings is 2. The van der Waals surface area contributed by atoms with Crippen molar-refractivity contribution in [3.63, 3.8) is 0 Å². The maximum Gasteiger partial charge on any atom is 0.255 e. The molecule has 0 heterocycles.